The highest BCUT2D eigenvalue weighted by Gasteiger charge is 2.13. The van der Waals surface area contributed by atoms with Crippen molar-refractivity contribution in [2.24, 2.45) is 0 Å². The second kappa shape index (κ2) is 5.54. The lowest BCUT2D eigenvalue weighted by Gasteiger charge is -2.04. The number of H-pyrrole nitrogens is 1. The molecule has 1 aromatic heterocycles. The normalized spacial score (nSPS) is 10.2. The topological polar surface area (TPSA) is 95.1 Å². The van der Waals surface area contributed by atoms with Crippen LogP contribution in [0.5, 0.6) is 0 Å². The van der Waals surface area contributed by atoms with Crippen LogP contribution in [0, 0.1) is 0 Å². The van der Waals surface area contributed by atoms with E-state index in [0.29, 0.717) is 10.0 Å². The van der Waals surface area contributed by atoms with Crippen molar-refractivity contribution in [3.63, 3.8) is 0 Å². The first kappa shape index (κ1) is 13.8. The summed E-state index contributed by atoms with van der Waals surface area (Å²) in [6.45, 7) is 0. The Balaban J connectivity index is 2.18. The van der Waals surface area contributed by atoms with E-state index in [0.717, 1.165) is 4.47 Å². The molecule has 6 nitrogen and oxygen atoms in total. The lowest BCUT2D eigenvalue weighted by molar-refractivity contribution is 0.0690. The van der Waals surface area contributed by atoms with Crippen molar-refractivity contribution in [2.45, 2.75) is 0 Å². The van der Waals surface area contributed by atoms with E-state index in [1.54, 1.807) is 18.2 Å². The van der Waals surface area contributed by atoms with Crippen molar-refractivity contribution in [1.29, 1.82) is 0 Å². The van der Waals surface area contributed by atoms with Gasteiger partial charge >= 0.3 is 5.97 Å². The maximum atomic E-state index is 12.0. The zero-order chi connectivity index (χ0) is 14.0. The quantitative estimate of drug-likeness (QED) is 0.753. The molecule has 0 radical (unpaired) electrons. The third kappa shape index (κ3) is 3.21. The fraction of sp³-hybridized carbons (Fsp3) is 0. The lowest BCUT2D eigenvalue weighted by atomic mass is 10.2. The summed E-state index contributed by atoms with van der Waals surface area (Å²) in [7, 11) is 0. The predicted molar refractivity (Wildman–Crippen MR) is 75.3 cm³/mol. The van der Waals surface area contributed by atoms with Gasteiger partial charge in [-0.3, -0.25) is 9.89 Å². The van der Waals surface area contributed by atoms with Crippen LogP contribution in [0.2, 0.25) is 0 Å². The Morgan fingerprint density at radius 3 is 2.58 bits per heavy atom. The number of hydrogen-bond donors (Lipinski definition) is 3. The highest BCUT2D eigenvalue weighted by molar-refractivity contribution is 9.11. The molecule has 19 heavy (non-hydrogen) atoms. The number of nitrogens with one attached hydrogen (secondary N) is 2. The Bertz CT molecular complexity index is 654. The van der Waals surface area contributed by atoms with E-state index < -0.39 is 5.97 Å². The minimum absolute atomic E-state index is 0.0924. The van der Waals surface area contributed by atoms with Gasteiger partial charge in [-0.05, 0) is 34.1 Å². The van der Waals surface area contributed by atoms with E-state index in [9.17, 15) is 9.59 Å². The Morgan fingerprint density at radius 1 is 1.26 bits per heavy atom. The summed E-state index contributed by atoms with van der Waals surface area (Å²) in [6.07, 6.45) is 0. The van der Waals surface area contributed by atoms with Gasteiger partial charge in [0.05, 0.1) is 5.56 Å². The molecule has 3 N–H and O–H groups in total. The van der Waals surface area contributed by atoms with Gasteiger partial charge in [-0.25, -0.2) is 4.79 Å². The number of aromatic nitrogens is 2. The highest BCUT2D eigenvalue weighted by atomic mass is 79.9. The third-order valence-corrected chi connectivity index (χ3v) is 3.37. The Morgan fingerprint density at radius 2 is 2.00 bits per heavy atom. The smallest absolute Gasteiger partial charge is 0.353 e. The molecule has 0 unspecified atom stereocenters. The third-order valence-electron chi connectivity index (χ3n) is 2.23. The van der Waals surface area contributed by atoms with Gasteiger partial charge < -0.3 is 10.4 Å². The van der Waals surface area contributed by atoms with Crippen LogP contribution in [0.3, 0.4) is 0 Å². The number of anilines is 1. The minimum atomic E-state index is -1.14. The van der Waals surface area contributed by atoms with Gasteiger partial charge in [-0.1, -0.05) is 15.9 Å². The number of carbonyl (C=O) groups excluding carboxylic acids is 1. The van der Waals surface area contributed by atoms with E-state index >= 15 is 0 Å². The first-order valence-electron chi connectivity index (χ1n) is 5.02. The SMILES string of the molecule is O=C(O)c1cc(NC(=O)c2ccc(Br)cc2Br)n[nH]1. The van der Waals surface area contributed by atoms with E-state index in [1.807, 2.05) is 0 Å². The average molecular weight is 389 g/mol. The summed E-state index contributed by atoms with van der Waals surface area (Å²) in [5.41, 5.74) is 0.327. The van der Waals surface area contributed by atoms with Gasteiger partial charge in [-0.15, -0.1) is 0 Å². The van der Waals surface area contributed by atoms with E-state index in [2.05, 4.69) is 47.4 Å². The molecule has 1 amide bonds. The van der Waals surface area contributed by atoms with Crippen LogP contribution in [-0.4, -0.2) is 27.2 Å². The van der Waals surface area contributed by atoms with Crippen molar-refractivity contribution < 1.29 is 14.7 Å². The summed E-state index contributed by atoms with van der Waals surface area (Å²) >= 11 is 6.56. The molecule has 2 rings (SSSR count). The molecule has 0 atom stereocenters. The molecule has 8 heteroatoms. The van der Waals surface area contributed by atoms with Crippen LogP contribution in [0.4, 0.5) is 5.82 Å². The average Bonchev–Trinajstić information content (AvgIpc) is 2.77. The number of nitrogens with zero attached hydrogens (tertiary/aromatic N) is 1. The molecule has 0 saturated carbocycles. The Hall–Kier alpha value is -1.67. The fourth-order valence-electron chi connectivity index (χ4n) is 1.35. The van der Waals surface area contributed by atoms with Crippen molar-refractivity contribution in [3.05, 3.63) is 44.5 Å². The van der Waals surface area contributed by atoms with Gasteiger partial charge in [0.2, 0.25) is 0 Å². The number of carbonyl (C=O) groups is 2. The number of aromatic amines is 1. The molecule has 1 heterocycles. The fourth-order valence-corrected chi connectivity index (χ4v) is 2.58. The van der Waals surface area contributed by atoms with Gasteiger partial charge in [0.1, 0.15) is 5.69 Å². The van der Waals surface area contributed by atoms with Crippen LogP contribution in [0.25, 0.3) is 0 Å². The highest BCUT2D eigenvalue weighted by Crippen LogP contribution is 2.22. The van der Waals surface area contributed by atoms with Crippen molar-refractivity contribution >= 4 is 49.6 Å². The molecule has 98 valence electrons. The monoisotopic (exact) mass is 387 g/mol. The number of carboxylic acids is 1. The molecular formula is C11H7Br2N3O3. The summed E-state index contributed by atoms with van der Waals surface area (Å²) in [5, 5.41) is 17.2. The summed E-state index contributed by atoms with van der Waals surface area (Å²) in [5.74, 6) is -1.38. The molecule has 0 aliphatic carbocycles. The minimum Gasteiger partial charge on any atom is -0.477 e. The number of rotatable bonds is 3. The first-order chi connectivity index (χ1) is 8.97. The number of carboxylic acid groups (broad SMARTS) is 1. The second-order valence-corrected chi connectivity index (χ2v) is 5.32. The van der Waals surface area contributed by atoms with Gasteiger partial charge in [0.25, 0.3) is 5.91 Å². The van der Waals surface area contributed by atoms with E-state index in [4.69, 9.17) is 5.11 Å². The van der Waals surface area contributed by atoms with Crippen molar-refractivity contribution in [2.75, 3.05) is 5.32 Å². The largest absolute Gasteiger partial charge is 0.477 e. The summed E-state index contributed by atoms with van der Waals surface area (Å²) in [6, 6.07) is 6.34. The molecule has 0 aliphatic rings. The van der Waals surface area contributed by atoms with Gasteiger partial charge in [-0.2, -0.15) is 5.10 Å². The zero-order valence-electron chi connectivity index (χ0n) is 9.28. The van der Waals surface area contributed by atoms with Crippen LogP contribution >= 0.6 is 31.9 Å². The van der Waals surface area contributed by atoms with Crippen LogP contribution in [-0.2, 0) is 0 Å². The summed E-state index contributed by atoms with van der Waals surface area (Å²) in [4.78, 5) is 22.6. The first-order valence-corrected chi connectivity index (χ1v) is 6.61. The summed E-state index contributed by atoms with van der Waals surface area (Å²) < 4.78 is 1.46. The predicted octanol–water partition coefficient (Wildman–Crippen LogP) is 2.89. The molecular weight excluding hydrogens is 382 g/mol. The molecule has 0 fully saturated rings. The second-order valence-electron chi connectivity index (χ2n) is 3.55. The van der Waals surface area contributed by atoms with Gasteiger partial charge in [0.15, 0.2) is 5.82 Å². The number of hydrogen-bond acceptors (Lipinski definition) is 3. The molecule has 0 spiro atoms. The maximum Gasteiger partial charge on any atom is 0.353 e. The molecule has 0 bridgehead atoms. The van der Waals surface area contributed by atoms with Crippen molar-refractivity contribution in [1.82, 2.24) is 10.2 Å². The number of aromatic carboxylic acids is 1. The number of amides is 1. The molecule has 0 aliphatic heterocycles. The Labute approximate surface area is 124 Å². The Kier molecular flexibility index (Phi) is 4.01. The van der Waals surface area contributed by atoms with E-state index in [1.165, 1.54) is 6.07 Å². The van der Waals surface area contributed by atoms with Crippen LogP contribution in [0.15, 0.2) is 33.2 Å². The molecule has 2 aromatic rings. The zero-order valence-corrected chi connectivity index (χ0v) is 12.4. The van der Waals surface area contributed by atoms with E-state index in [-0.39, 0.29) is 17.4 Å². The maximum absolute atomic E-state index is 12.0. The molecule has 1 aromatic carbocycles. The standard InChI is InChI=1S/C11H7Br2N3O3/c12-5-1-2-6(7(13)3-5)10(17)14-9-4-8(11(18)19)15-16-9/h1-4H,(H,18,19)(H2,14,15,16,17). The molecule has 0 saturated heterocycles. The lowest BCUT2D eigenvalue weighted by Crippen LogP contribution is -2.12. The van der Waals surface area contributed by atoms with Crippen LogP contribution in [0.1, 0.15) is 20.8 Å². The van der Waals surface area contributed by atoms with Gasteiger partial charge in [0, 0.05) is 15.0 Å². The van der Waals surface area contributed by atoms with Crippen molar-refractivity contribution in [3.8, 4) is 0 Å². The number of benzene rings is 1. The number of halogens is 2. The van der Waals surface area contributed by atoms with Crippen LogP contribution < -0.4 is 5.32 Å².